The van der Waals surface area contributed by atoms with Gasteiger partial charge >= 0.3 is 5.97 Å². The van der Waals surface area contributed by atoms with Crippen molar-refractivity contribution in [2.24, 2.45) is 0 Å². The number of nitriles is 1. The molecule has 0 bridgehead atoms. The summed E-state index contributed by atoms with van der Waals surface area (Å²) in [6.45, 7) is 2.33. The minimum absolute atomic E-state index is 0.0531. The molecule has 0 fully saturated rings. The van der Waals surface area contributed by atoms with Crippen molar-refractivity contribution in [2.75, 3.05) is 6.61 Å². The fraction of sp³-hybridized carbons (Fsp3) is 0.158. The lowest BCUT2D eigenvalue weighted by Gasteiger charge is -2.09. The van der Waals surface area contributed by atoms with Gasteiger partial charge in [-0.05, 0) is 24.6 Å². The molecule has 0 amide bonds. The number of rotatable bonds is 6. The molecule has 0 atom stereocenters. The number of hydrogen-bond acceptors (Lipinski definition) is 4. The number of nitrogens with zero attached hydrogens (tertiary/aromatic N) is 1. The van der Waals surface area contributed by atoms with E-state index in [1.807, 2.05) is 48.5 Å². The molecule has 0 aliphatic rings. The summed E-state index contributed by atoms with van der Waals surface area (Å²) in [5.41, 5.74) is 1.65. The van der Waals surface area contributed by atoms with Gasteiger partial charge in [0, 0.05) is 5.56 Å². The molecule has 4 heteroatoms. The number of para-hydroxylation sites is 1. The van der Waals surface area contributed by atoms with Crippen LogP contribution in [0.3, 0.4) is 0 Å². The third kappa shape index (κ3) is 4.72. The molecule has 2 aromatic rings. The van der Waals surface area contributed by atoms with Gasteiger partial charge in [0.15, 0.2) is 0 Å². The Morgan fingerprint density at radius 1 is 1.13 bits per heavy atom. The van der Waals surface area contributed by atoms with Crippen molar-refractivity contribution < 1.29 is 14.3 Å². The summed E-state index contributed by atoms with van der Waals surface area (Å²) in [4.78, 5) is 11.7. The highest BCUT2D eigenvalue weighted by Crippen LogP contribution is 2.22. The molecule has 116 valence electrons. The lowest BCUT2D eigenvalue weighted by atomic mass is 10.1. The maximum absolute atomic E-state index is 11.7. The van der Waals surface area contributed by atoms with Crippen molar-refractivity contribution in [3.05, 3.63) is 71.3 Å². The summed E-state index contributed by atoms with van der Waals surface area (Å²) in [7, 11) is 0. The molecule has 2 rings (SSSR count). The average molecular weight is 307 g/mol. The van der Waals surface area contributed by atoms with E-state index in [1.54, 1.807) is 19.1 Å². The highest BCUT2D eigenvalue weighted by molar-refractivity contribution is 5.98. The van der Waals surface area contributed by atoms with Crippen LogP contribution < -0.4 is 4.74 Å². The summed E-state index contributed by atoms with van der Waals surface area (Å²) in [6, 6.07) is 18.9. The number of carbonyl (C=O) groups excluding carboxylic acids is 1. The number of ether oxygens (including phenoxy) is 2. The van der Waals surface area contributed by atoms with Crippen molar-refractivity contribution in [3.8, 4) is 11.8 Å². The summed E-state index contributed by atoms with van der Waals surface area (Å²) in [5.74, 6) is -0.0266. The summed E-state index contributed by atoms with van der Waals surface area (Å²) in [5, 5.41) is 9.12. The Labute approximate surface area is 135 Å². The van der Waals surface area contributed by atoms with Crippen molar-refractivity contribution in [1.82, 2.24) is 0 Å². The van der Waals surface area contributed by atoms with Gasteiger partial charge in [0.1, 0.15) is 24.0 Å². The molecule has 0 saturated carbocycles. The maximum Gasteiger partial charge on any atom is 0.348 e. The largest absolute Gasteiger partial charge is 0.488 e. The first kappa shape index (κ1) is 16.3. The van der Waals surface area contributed by atoms with Crippen LogP contribution in [-0.2, 0) is 16.1 Å². The van der Waals surface area contributed by atoms with E-state index in [0.717, 1.165) is 5.56 Å². The first-order chi connectivity index (χ1) is 11.2. The third-order valence-electron chi connectivity index (χ3n) is 3.07. The topological polar surface area (TPSA) is 59.3 Å². The van der Waals surface area contributed by atoms with E-state index in [4.69, 9.17) is 14.7 Å². The highest BCUT2D eigenvalue weighted by Gasteiger charge is 2.11. The number of hydrogen-bond donors (Lipinski definition) is 0. The monoisotopic (exact) mass is 307 g/mol. The van der Waals surface area contributed by atoms with Crippen LogP contribution in [0.2, 0.25) is 0 Å². The Morgan fingerprint density at radius 3 is 2.52 bits per heavy atom. The first-order valence-corrected chi connectivity index (χ1v) is 7.29. The van der Waals surface area contributed by atoms with E-state index in [2.05, 4.69) is 0 Å². The van der Waals surface area contributed by atoms with E-state index >= 15 is 0 Å². The van der Waals surface area contributed by atoms with Crippen LogP contribution in [-0.4, -0.2) is 12.6 Å². The van der Waals surface area contributed by atoms with Gasteiger partial charge in [0.25, 0.3) is 0 Å². The fourth-order valence-electron chi connectivity index (χ4n) is 1.97. The highest BCUT2D eigenvalue weighted by atomic mass is 16.5. The maximum atomic E-state index is 11.7. The van der Waals surface area contributed by atoms with Crippen LogP contribution in [0.5, 0.6) is 5.75 Å². The zero-order chi connectivity index (χ0) is 16.5. The van der Waals surface area contributed by atoms with Crippen molar-refractivity contribution in [1.29, 1.82) is 5.26 Å². The Kier molecular flexibility index (Phi) is 5.96. The Hall–Kier alpha value is -3.06. The minimum Gasteiger partial charge on any atom is -0.488 e. The zero-order valence-corrected chi connectivity index (χ0v) is 12.9. The molecule has 0 spiro atoms. The van der Waals surface area contributed by atoms with Crippen LogP contribution in [0.1, 0.15) is 18.1 Å². The zero-order valence-electron chi connectivity index (χ0n) is 12.9. The van der Waals surface area contributed by atoms with Crippen LogP contribution >= 0.6 is 0 Å². The standard InChI is InChI=1S/C19H17NO3/c1-2-22-19(21)17(13-20)12-16-10-6-7-11-18(16)23-14-15-8-4-3-5-9-15/h3-12H,2,14H2,1H3/b17-12-. The summed E-state index contributed by atoms with van der Waals surface area (Å²) >= 11 is 0. The molecule has 0 N–H and O–H groups in total. The van der Waals surface area contributed by atoms with Crippen LogP contribution in [0.25, 0.3) is 6.08 Å². The molecule has 0 heterocycles. The van der Waals surface area contributed by atoms with Crippen molar-refractivity contribution >= 4 is 12.0 Å². The smallest absolute Gasteiger partial charge is 0.348 e. The molecule has 4 nitrogen and oxygen atoms in total. The number of benzene rings is 2. The SMILES string of the molecule is CCOC(=O)/C(C#N)=C\c1ccccc1OCc1ccccc1. The Morgan fingerprint density at radius 2 is 1.83 bits per heavy atom. The normalized spacial score (nSPS) is 10.7. The molecule has 23 heavy (non-hydrogen) atoms. The molecule has 0 aliphatic carbocycles. The number of carbonyl (C=O) groups is 1. The van der Waals surface area contributed by atoms with Gasteiger partial charge in [0.05, 0.1) is 6.61 Å². The molecule has 0 radical (unpaired) electrons. The number of esters is 1. The summed E-state index contributed by atoms with van der Waals surface area (Å²) < 4.78 is 10.7. The van der Waals surface area contributed by atoms with Gasteiger partial charge in [-0.1, -0.05) is 48.5 Å². The van der Waals surface area contributed by atoms with Crippen molar-refractivity contribution in [3.63, 3.8) is 0 Å². The second-order valence-corrected chi connectivity index (χ2v) is 4.70. The lowest BCUT2D eigenvalue weighted by molar-refractivity contribution is -0.137. The quantitative estimate of drug-likeness (QED) is 0.463. The second-order valence-electron chi connectivity index (χ2n) is 4.70. The molecule has 2 aromatic carbocycles. The van der Waals surface area contributed by atoms with Crippen LogP contribution in [0.15, 0.2) is 60.2 Å². The lowest BCUT2D eigenvalue weighted by Crippen LogP contribution is -2.06. The van der Waals surface area contributed by atoms with Crippen LogP contribution in [0.4, 0.5) is 0 Å². The Bertz CT molecular complexity index is 730. The molecular formula is C19H17NO3. The third-order valence-corrected chi connectivity index (χ3v) is 3.07. The predicted molar refractivity (Wildman–Crippen MR) is 87.4 cm³/mol. The first-order valence-electron chi connectivity index (χ1n) is 7.29. The minimum atomic E-state index is -0.632. The van der Waals surface area contributed by atoms with E-state index in [-0.39, 0.29) is 12.2 Å². The molecule has 0 unspecified atom stereocenters. The van der Waals surface area contributed by atoms with Gasteiger partial charge in [-0.15, -0.1) is 0 Å². The predicted octanol–water partition coefficient (Wildman–Crippen LogP) is 3.74. The average Bonchev–Trinajstić information content (AvgIpc) is 2.59. The molecular weight excluding hydrogens is 290 g/mol. The fourth-order valence-corrected chi connectivity index (χ4v) is 1.97. The second kappa shape index (κ2) is 8.40. The van der Waals surface area contributed by atoms with Crippen molar-refractivity contribution in [2.45, 2.75) is 13.5 Å². The van der Waals surface area contributed by atoms with E-state index < -0.39 is 5.97 Å². The van der Waals surface area contributed by atoms with Crippen LogP contribution in [0, 0.1) is 11.3 Å². The van der Waals surface area contributed by atoms with E-state index in [0.29, 0.717) is 17.9 Å². The van der Waals surface area contributed by atoms with Gasteiger partial charge in [0.2, 0.25) is 0 Å². The van der Waals surface area contributed by atoms with Gasteiger partial charge in [-0.25, -0.2) is 4.79 Å². The van der Waals surface area contributed by atoms with Gasteiger partial charge in [-0.3, -0.25) is 0 Å². The Balaban J connectivity index is 2.20. The molecule has 0 aliphatic heterocycles. The van der Waals surface area contributed by atoms with Gasteiger partial charge < -0.3 is 9.47 Å². The van der Waals surface area contributed by atoms with E-state index in [1.165, 1.54) is 6.08 Å². The summed E-state index contributed by atoms with van der Waals surface area (Å²) in [6.07, 6.45) is 1.48. The van der Waals surface area contributed by atoms with Gasteiger partial charge in [-0.2, -0.15) is 5.26 Å². The van der Waals surface area contributed by atoms with E-state index in [9.17, 15) is 4.79 Å². The molecule has 0 saturated heterocycles. The molecule has 0 aromatic heterocycles.